The maximum atomic E-state index is 12.2. The number of nitrogens with one attached hydrogen (secondary N) is 2. The van der Waals surface area contributed by atoms with Crippen molar-refractivity contribution < 1.29 is 4.79 Å². The monoisotopic (exact) mass is 272 g/mol. The van der Waals surface area contributed by atoms with Crippen molar-refractivity contribution >= 4 is 11.6 Å². The second-order valence-corrected chi connectivity index (χ2v) is 4.71. The summed E-state index contributed by atoms with van der Waals surface area (Å²) in [7, 11) is 0. The zero-order valence-corrected chi connectivity index (χ0v) is 11.0. The maximum absolute atomic E-state index is 12.2. The van der Waals surface area contributed by atoms with Crippen molar-refractivity contribution in [2.45, 2.75) is 25.3 Å². The van der Waals surface area contributed by atoms with Crippen molar-refractivity contribution in [3.63, 3.8) is 0 Å². The van der Waals surface area contributed by atoms with E-state index in [0.29, 0.717) is 11.5 Å². The van der Waals surface area contributed by atoms with Gasteiger partial charge in [0.15, 0.2) is 5.82 Å². The number of carbonyl (C=O) groups excluding carboxylic acids is 1. The van der Waals surface area contributed by atoms with Gasteiger partial charge >= 0.3 is 0 Å². The van der Waals surface area contributed by atoms with Crippen LogP contribution < -0.4 is 10.6 Å². The molecule has 7 nitrogen and oxygen atoms in total. The third-order valence-electron chi connectivity index (χ3n) is 3.31. The summed E-state index contributed by atoms with van der Waals surface area (Å²) >= 11 is 0. The molecule has 0 aromatic carbocycles. The molecule has 3 heterocycles. The molecule has 1 saturated heterocycles. The van der Waals surface area contributed by atoms with Gasteiger partial charge in [0, 0.05) is 6.20 Å². The Morgan fingerprint density at radius 1 is 1.45 bits per heavy atom. The van der Waals surface area contributed by atoms with E-state index in [1.807, 2.05) is 6.07 Å². The molecule has 1 unspecified atom stereocenters. The van der Waals surface area contributed by atoms with Gasteiger partial charge in [-0.15, -0.1) is 0 Å². The van der Waals surface area contributed by atoms with Crippen molar-refractivity contribution in [3.8, 4) is 5.82 Å². The van der Waals surface area contributed by atoms with Crippen LogP contribution in [0.2, 0.25) is 0 Å². The molecule has 0 radical (unpaired) electrons. The molecule has 2 aromatic heterocycles. The summed E-state index contributed by atoms with van der Waals surface area (Å²) in [6.45, 7) is 0.890. The highest BCUT2D eigenvalue weighted by Crippen LogP contribution is 2.17. The Hall–Kier alpha value is -2.28. The molecule has 20 heavy (non-hydrogen) atoms. The maximum Gasteiger partial charge on any atom is 0.241 e. The van der Waals surface area contributed by atoms with Gasteiger partial charge in [-0.3, -0.25) is 4.79 Å². The highest BCUT2D eigenvalue weighted by molar-refractivity contribution is 5.96. The minimum Gasteiger partial charge on any atom is -0.322 e. The van der Waals surface area contributed by atoms with Crippen LogP contribution in [0.15, 0.2) is 31.0 Å². The molecule has 1 amide bonds. The Morgan fingerprint density at radius 3 is 3.15 bits per heavy atom. The number of nitrogens with zero attached hydrogens (tertiary/aromatic N) is 4. The van der Waals surface area contributed by atoms with Crippen LogP contribution in [0.25, 0.3) is 5.82 Å². The number of rotatable bonds is 3. The Labute approximate surface area is 116 Å². The van der Waals surface area contributed by atoms with Crippen molar-refractivity contribution in [2.75, 3.05) is 11.9 Å². The Kier molecular flexibility index (Phi) is 3.69. The number of carbonyl (C=O) groups is 1. The molecule has 0 spiro atoms. The van der Waals surface area contributed by atoms with E-state index in [1.54, 1.807) is 18.6 Å². The summed E-state index contributed by atoms with van der Waals surface area (Å²) in [5.74, 6) is 0.535. The smallest absolute Gasteiger partial charge is 0.241 e. The fraction of sp³-hybridized carbons (Fsp3) is 0.385. The standard InChI is InChI=1S/C13H16N6O/c20-13(11-4-1-2-6-15-11)18-10-5-3-7-16-12(10)19-9-14-8-17-19/h3,5,7-9,11,15H,1-2,4,6H2,(H,18,20). The van der Waals surface area contributed by atoms with Crippen LogP contribution in [0.3, 0.4) is 0 Å². The first-order chi connectivity index (χ1) is 9.84. The van der Waals surface area contributed by atoms with Crippen molar-refractivity contribution in [2.24, 2.45) is 0 Å². The zero-order valence-electron chi connectivity index (χ0n) is 11.0. The Morgan fingerprint density at radius 2 is 2.40 bits per heavy atom. The van der Waals surface area contributed by atoms with Crippen LogP contribution >= 0.6 is 0 Å². The van der Waals surface area contributed by atoms with Crippen LogP contribution in [0.1, 0.15) is 19.3 Å². The van der Waals surface area contributed by atoms with E-state index in [4.69, 9.17) is 0 Å². The number of hydrogen-bond acceptors (Lipinski definition) is 5. The summed E-state index contributed by atoms with van der Waals surface area (Å²) in [4.78, 5) is 20.4. The van der Waals surface area contributed by atoms with Crippen molar-refractivity contribution in [1.29, 1.82) is 0 Å². The number of piperidine rings is 1. The van der Waals surface area contributed by atoms with Crippen LogP contribution in [0.5, 0.6) is 0 Å². The lowest BCUT2D eigenvalue weighted by Gasteiger charge is -2.22. The SMILES string of the molecule is O=C(Nc1cccnc1-n1cncn1)C1CCCCN1. The van der Waals surface area contributed by atoms with Gasteiger partial charge in [-0.1, -0.05) is 6.42 Å². The van der Waals surface area contributed by atoms with Crippen LogP contribution in [0.4, 0.5) is 5.69 Å². The number of pyridine rings is 1. The van der Waals surface area contributed by atoms with E-state index in [-0.39, 0.29) is 11.9 Å². The van der Waals surface area contributed by atoms with E-state index in [0.717, 1.165) is 25.8 Å². The molecule has 1 aliphatic rings. The minimum atomic E-state index is -0.132. The Bertz CT molecular complexity index is 576. The lowest BCUT2D eigenvalue weighted by molar-refractivity contribution is -0.118. The molecular weight excluding hydrogens is 256 g/mol. The van der Waals surface area contributed by atoms with Gasteiger partial charge in [0.2, 0.25) is 5.91 Å². The van der Waals surface area contributed by atoms with Gasteiger partial charge in [0.25, 0.3) is 0 Å². The molecule has 0 bridgehead atoms. The first-order valence-corrected chi connectivity index (χ1v) is 6.69. The van der Waals surface area contributed by atoms with Crippen LogP contribution in [0, 0.1) is 0 Å². The second kappa shape index (κ2) is 5.79. The fourth-order valence-electron chi connectivity index (χ4n) is 2.29. The predicted octanol–water partition coefficient (Wildman–Crippen LogP) is 0.743. The van der Waals surface area contributed by atoms with Crippen molar-refractivity contribution in [1.82, 2.24) is 25.1 Å². The van der Waals surface area contributed by atoms with E-state index < -0.39 is 0 Å². The molecule has 104 valence electrons. The highest BCUT2D eigenvalue weighted by atomic mass is 16.2. The molecule has 1 atom stereocenters. The average Bonchev–Trinajstić information content (AvgIpc) is 3.03. The zero-order chi connectivity index (χ0) is 13.8. The van der Waals surface area contributed by atoms with Crippen LogP contribution in [-0.4, -0.2) is 38.2 Å². The van der Waals surface area contributed by atoms with Gasteiger partial charge in [0.05, 0.1) is 11.7 Å². The first-order valence-electron chi connectivity index (χ1n) is 6.69. The summed E-state index contributed by atoms with van der Waals surface area (Å²) < 4.78 is 1.53. The largest absolute Gasteiger partial charge is 0.322 e. The predicted molar refractivity (Wildman–Crippen MR) is 73.4 cm³/mol. The third-order valence-corrected chi connectivity index (χ3v) is 3.31. The fourth-order valence-corrected chi connectivity index (χ4v) is 2.29. The van der Waals surface area contributed by atoms with Gasteiger partial charge in [-0.05, 0) is 31.5 Å². The summed E-state index contributed by atoms with van der Waals surface area (Å²) in [6, 6.07) is 3.46. The van der Waals surface area contributed by atoms with Crippen molar-refractivity contribution in [3.05, 3.63) is 31.0 Å². The number of aromatic nitrogens is 4. The molecular formula is C13H16N6O. The van der Waals surface area contributed by atoms with Gasteiger partial charge in [0.1, 0.15) is 12.7 Å². The lowest BCUT2D eigenvalue weighted by Crippen LogP contribution is -2.43. The van der Waals surface area contributed by atoms with Crippen LogP contribution in [-0.2, 0) is 4.79 Å². The average molecular weight is 272 g/mol. The minimum absolute atomic E-state index is 0.0286. The number of hydrogen-bond donors (Lipinski definition) is 2. The molecule has 3 rings (SSSR count). The molecule has 0 saturated carbocycles. The molecule has 0 aliphatic carbocycles. The molecule has 7 heteroatoms. The van der Waals surface area contributed by atoms with E-state index in [9.17, 15) is 4.79 Å². The molecule has 2 N–H and O–H groups in total. The van der Waals surface area contributed by atoms with E-state index in [1.165, 1.54) is 11.0 Å². The van der Waals surface area contributed by atoms with E-state index in [2.05, 4.69) is 25.7 Å². The summed E-state index contributed by atoms with van der Waals surface area (Å²) in [6.07, 6.45) is 7.71. The quantitative estimate of drug-likeness (QED) is 0.861. The third kappa shape index (κ3) is 2.67. The number of amides is 1. The summed E-state index contributed by atoms with van der Waals surface area (Å²) in [5.41, 5.74) is 0.635. The topological polar surface area (TPSA) is 84.7 Å². The van der Waals surface area contributed by atoms with Gasteiger partial charge < -0.3 is 10.6 Å². The first kappa shape index (κ1) is 12.7. The lowest BCUT2D eigenvalue weighted by atomic mass is 10.0. The normalized spacial score (nSPS) is 18.7. The molecule has 1 fully saturated rings. The highest BCUT2D eigenvalue weighted by Gasteiger charge is 2.21. The van der Waals surface area contributed by atoms with E-state index >= 15 is 0 Å². The Balaban J connectivity index is 1.79. The molecule has 2 aromatic rings. The second-order valence-electron chi connectivity index (χ2n) is 4.71. The van der Waals surface area contributed by atoms with Gasteiger partial charge in [-0.2, -0.15) is 5.10 Å². The number of anilines is 1. The van der Waals surface area contributed by atoms with Gasteiger partial charge in [-0.25, -0.2) is 14.6 Å². The molecule has 1 aliphatic heterocycles. The summed E-state index contributed by atoms with van der Waals surface area (Å²) in [5, 5.41) is 10.2.